The smallest absolute Gasteiger partial charge is 0.188 e. The van der Waals surface area contributed by atoms with Crippen molar-refractivity contribution in [1.29, 1.82) is 5.26 Å². The first-order valence-corrected chi connectivity index (χ1v) is 7.28. The third-order valence-corrected chi connectivity index (χ3v) is 4.22. The van der Waals surface area contributed by atoms with Gasteiger partial charge < -0.3 is 4.90 Å². The predicted molar refractivity (Wildman–Crippen MR) is 73.8 cm³/mol. The average molecular weight is 282 g/mol. The first-order chi connectivity index (χ1) is 8.81. The highest BCUT2D eigenvalue weighted by Gasteiger charge is 2.15. The van der Waals surface area contributed by atoms with Gasteiger partial charge in [-0.05, 0) is 23.8 Å². The van der Waals surface area contributed by atoms with Crippen molar-refractivity contribution < 1.29 is 12.8 Å². The van der Waals surface area contributed by atoms with Crippen LogP contribution in [0.25, 0.3) is 6.08 Å². The molecule has 0 radical (unpaired) electrons. The highest BCUT2D eigenvalue weighted by Crippen LogP contribution is 2.20. The van der Waals surface area contributed by atoms with Crippen molar-refractivity contribution in [3.8, 4) is 6.07 Å². The van der Waals surface area contributed by atoms with E-state index in [1.54, 1.807) is 31.1 Å². The molecular formula is C13H15FN2O2S. The number of hydrogen-bond donors (Lipinski definition) is 0. The lowest BCUT2D eigenvalue weighted by Crippen LogP contribution is -2.10. The summed E-state index contributed by atoms with van der Waals surface area (Å²) < 4.78 is 36.9. The van der Waals surface area contributed by atoms with E-state index < -0.39 is 15.7 Å². The van der Waals surface area contributed by atoms with Crippen molar-refractivity contribution in [3.63, 3.8) is 0 Å². The number of hydrogen-bond acceptors (Lipinski definition) is 4. The van der Waals surface area contributed by atoms with Crippen molar-refractivity contribution in [3.05, 3.63) is 34.5 Å². The molecule has 0 aliphatic rings. The lowest BCUT2D eigenvalue weighted by Gasteiger charge is -2.13. The van der Waals surface area contributed by atoms with Gasteiger partial charge in [-0.2, -0.15) is 5.26 Å². The van der Waals surface area contributed by atoms with E-state index in [-0.39, 0.29) is 10.7 Å². The second-order valence-electron chi connectivity index (χ2n) is 4.13. The largest absolute Gasteiger partial charge is 0.375 e. The molecule has 0 amide bonds. The Morgan fingerprint density at radius 2 is 2.11 bits per heavy atom. The Kier molecular flexibility index (Phi) is 4.67. The van der Waals surface area contributed by atoms with Crippen LogP contribution in [0.1, 0.15) is 12.5 Å². The Bertz CT molecular complexity index is 643. The van der Waals surface area contributed by atoms with Gasteiger partial charge in [0.25, 0.3) is 0 Å². The molecule has 0 spiro atoms. The molecule has 1 rings (SSSR count). The summed E-state index contributed by atoms with van der Waals surface area (Å²) in [6.45, 7) is 1.45. The zero-order valence-electron chi connectivity index (χ0n) is 11.0. The molecule has 0 aromatic heterocycles. The molecule has 0 heterocycles. The van der Waals surface area contributed by atoms with Crippen LogP contribution in [0.3, 0.4) is 0 Å². The van der Waals surface area contributed by atoms with Crippen LogP contribution in [0.5, 0.6) is 0 Å². The average Bonchev–Trinajstić information content (AvgIpc) is 2.35. The van der Waals surface area contributed by atoms with Gasteiger partial charge in [0, 0.05) is 14.1 Å². The van der Waals surface area contributed by atoms with Gasteiger partial charge in [0.05, 0.1) is 11.4 Å². The first kappa shape index (κ1) is 15.2. The Balaban J connectivity index is 3.26. The van der Waals surface area contributed by atoms with Crippen molar-refractivity contribution >= 4 is 21.6 Å². The van der Waals surface area contributed by atoms with Crippen LogP contribution in [0.4, 0.5) is 10.1 Å². The maximum absolute atomic E-state index is 13.7. The van der Waals surface area contributed by atoms with Gasteiger partial charge in [0.1, 0.15) is 16.8 Å². The molecule has 0 atom stereocenters. The van der Waals surface area contributed by atoms with Gasteiger partial charge in [-0.15, -0.1) is 0 Å². The minimum Gasteiger partial charge on any atom is -0.375 e. The summed E-state index contributed by atoms with van der Waals surface area (Å²) in [5, 5.41) is 8.87. The predicted octanol–water partition coefficient (Wildman–Crippen LogP) is 2.19. The summed E-state index contributed by atoms with van der Waals surface area (Å²) in [6, 6.07) is 5.95. The molecule has 0 N–H and O–H groups in total. The van der Waals surface area contributed by atoms with Crippen molar-refractivity contribution in [2.75, 3.05) is 24.7 Å². The third kappa shape index (κ3) is 3.55. The van der Waals surface area contributed by atoms with Crippen molar-refractivity contribution in [2.45, 2.75) is 6.92 Å². The normalized spacial score (nSPS) is 12.1. The van der Waals surface area contributed by atoms with E-state index in [0.29, 0.717) is 11.3 Å². The number of halogens is 1. The second kappa shape index (κ2) is 5.85. The van der Waals surface area contributed by atoms with E-state index in [4.69, 9.17) is 5.26 Å². The number of rotatable bonds is 4. The molecule has 19 heavy (non-hydrogen) atoms. The fraction of sp³-hybridized carbons (Fsp3) is 0.308. The summed E-state index contributed by atoms with van der Waals surface area (Å²) >= 11 is 0. The van der Waals surface area contributed by atoms with Crippen LogP contribution in [0.15, 0.2) is 23.1 Å². The molecule has 102 valence electrons. The molecule has 4 nitrogen and oxygen atoms in total. The van der Waals surface area contributed by atoms with Crippen LogP contribution in [-0.2, 0) is 9.84 Å². The number of anilines is 1. The Hall–Kier alpha value is -1.87. The fourth-order valence-electron chi connectivity index (χ4n) is 1.47. The van der Waals surface area contributed by atoms with Gasteiger partial charge in [-0.25, -0.2) is 12.8 Å². The van der Waals surface area contributed by atoms with Crippen LogP contribution < -0.4 is 4.90 Å². The van der Waals surface area contributed by atoms with Crippen LogP contribution in [0.2, 0.25) is 0 Å². The molecule has 0 aliphatic carbocycles. The molecule has 0 aliphatic heterocycles. The minimum atomic E-state index is -3.58. The molecule has 1 aromatic rings. The number of nitriles is 1. The molecule has 0 bridgehead atoms. The van der Waals surface area contributed by atoms with Gasteiger partial charge in [0.2, 0.25) is 0 Å². The maximum Gasteiger partial charge on any atom is 0.188 e. The van der Waals surface area contributed by atoms with E-state index in [1.807, 2.05) is 0 Å². The van der Waals surface area contributed by atoms with Gasteiger partial charge >= 0.3 is 0 Å². The van der Waals surface area contributed by atoms with E-state index >= 15 is 0 Å². The molecular weight excluding hydrogens is 267 g/mol. The van der Waals surface area contributed by atoms with E-state index in [2.05, 4.69) is 0 Å². The summed E-state index contributed by atoms with van der Waals surface area (Å²) in [5.74, 6) is -0.630. The fourth-order valence-corrected chi connectivity index (χ4v) is 2.24. The summed E-state index contributed by atoms with van der Waals surface area (Å²) in [5.41, 5.74) is 0.741. The number of allylic oxidation sites excluding steroid dienone is 1. The Labute approximate surface area is 112 Å². The van der Waals surface area contributed by atoms with Gasteiger partial charge in [-0.1, -0.05) is 13.0 Å². The molecule has 0 fully saturated rings. The topological polar surface area (TPSA) is 61.2 Å². The Morgan fingerprint density at radius 1 is 1.47 bits per heavy atom. The lowest BCUT2D eigenvalue weighted by molar-refractivity contribution is 0.604. The third-order valence-electron chi connectivity index (χ3n) is 2.58. The van der Waals surface area contributed by atoms with Crippen LogP contribution >= 0.6 is 0 Å². The second-order valence-corrected chi connectivity index (χ2v) is 6.38. The van der Waals surface area contributed by atoms with E-state index in [0.717, 1.165) is 0 Å². The van der Waals surface area contributed by atoms with Gasteiger partial charge in [-0.3, -0.25) is 0 Å². The van der Waals surface area contributed by atoms with E-state index in [1.165, 1.54) is 25.1 Å². The number of nitrogens with zero attached hydrogens (tertiary/aromatic N) is 2. The SMILES string of the molecule is CCS(=O)(=O)/C(C#N)=C\c1ccc(N(C)C)c(F)c1. The lowest BCUT2D eigenvalue weighted by atomic mass is 10.2. The Morgan fingerprint density at radius 3 is 2.53 bits per heavy atom. The summed E-state index contributed by atoms with van der Waals surface area (Å²) in [6.07, 6.45) is 1.18. The molecule has 6 heteroatoms. The highest BCUT2D eigenvalue weighted by atomic mass is 32.2. The maximum atomic E-state index is 13.7. The first-order valence-electron chi connectivity index (χ1n) is 5.63. The van der Waals surface area contributed by atoms with Crippen LogP contribution in [-0.4, -0.2) is 28.3 Å². The van der Waals surface area contributed by atoms with Crippen molar-refractivity contribution in [1.82, 2.24) is 0 Å². The minimum absolute atomic E-state index is 0.162. The van der Waals surface area contributed by atoms with Gasteiger partial charge in [0.15, 0.2) is 9.84 Å². The monoisotopic (exact) mass is 282 g/mol. The molecule has 0 saturated heterocycles. The summed E-state index contributed by atoms with van der Waals surface area (Å²) in [4.78, 5) is 1.25. The molecule has 1 aromatic carbocycles. The molecule has 0 saturated carbocycles. The van der Waals surface area contributed by atoms with Crippen molar-refractivity contribution in [2.24, 2.45) is 0 Å². The standard InChI is InChI=1S/C13H15FN2O2S/c1-4-19(17,18)11(9-15)7-10-5-6-13(16(2)3)12(14)8-10/h5-8H,4H2,1-3H3/b11-7-. The zero-order valence-corrected chi connectivity index (χ0v) is 11.8. The van der Waals surface area contributed by atoms with E-state index in [9.17, 15) is 12.8 Å². The number of benzene rings is 1. The zero-order chi connectivity index (χ0) is 14.6. The van der Waals surface area contributed by atoms with Crippen LogP contribution in [0, 0.1) is 17.1 Å². The summed E-state index contributed by atoms with van der Waals surface area (Å²) in [7, 11) is -0.172. The molecule has 0 unspecified atom stereocenters. The quantitative estimate of drug-likeness (QED) is 0.794. The highest BCUT2D eigenvalue weighted by molar-refractivity contribution is 7.95. The number of sulfone groups is 1.